The van der Waals surface area contributed by atoms with Crippen LogP contribution in [0.2, 0.25) is 0 Å². The zero-order valence-electron chi connectivity index (χ0n) is 7.62. The van der Waals surface area contributed by atoms with Gasteiger partial charge >= 0.3 is 0 Å². The topological polar surface area (TPSA) is 37.8 Å². The van der Waals surface area contributed by atoms with Gasteiger partial charge in [0.1, 0.15) is 5.82 Å². The monoisotopic (exact) mass is 192 g/mol. The second-order valence-electron chi connectivity index (χ2n) is 3.08. The molecular weight excluding hydrogens is 183 g/mol. The van der Waals surface area contributed by atoms with Crippen LogP contribution in [-0.4, -0.2) is 9.78 Å². The summed E-state index contributed by atoms with van der Waals surface area (Å²) >= 11 is 0. The van der Waals surface area contributed by atoms with Crippen LogP contribution >= 0.6 is 0 Å². The van der Waals surface area contributed by atoms with Crippen molar-refractivity contribution in [2.75, 3.05) is 0 Å². The predicted molar refractivity (Wildman–Crippen MR) is 51.4 cm³/mol. The highest BCUT2D eigenvalue weighted by Gasteiger charge is 2.02. The Kier molecular flexibility index (Phi) is 1.96. The Balaban J connectivity index is 2.54. The second kappa shape index (κ2) is 3.14. The van der Waals surface area contributed by atoms with Gasteiger partial charge in [-0.15, -0.1) is 0 Å². The average Bonchev–Trinajstić information content (AvgIpc) is 2.47. The molecule has 1 heterocycles. The SMILES string of the molecule is Cn1[nH]c(-c2cccc(F)c2)cc1=O. The molecule has 4 heteroatoms. The lowest BCUT2D eigenvalue weighted by Crippen LogP contribution is -2.09. The van der Waals surface area contributed by atoms with Crippen molar-refractivity contribution in [2.24, 2.45) is 7.05 Å². The van der Waals surface area contributed by atoms with Crippen molar-refractivity contribution in [1.82, 2.24) is 9.78 Å². The zero-order chi connectivity index (χ0) is 10.1. The van der Waals surface area contributed by atoms with E-state index in [1.807, 2.05) is 0 Å². The van der Waals surface area contributed by atoms with Gasteiger partial charge in [0, 0.05) is 18.7 Å². The van der Waals surface area contributed by atoms with Gasteiger partial charge in [0.15, 0.2) is 0 Å². The van der Waals surface area contributed by atoms with Crippen LogP contribution in [0.25, 0.3) is 11.3 Å². The number of benzene rings is 1. The van der Waals surface area contributed by atoms with E-state index in [2.05, 4.69) is 5.10 Å². The molecular formula is C10H9FN2O. The number of H-pyrrole nitrogens is 1. The second-order valence-corrected chi connectivity index (χ2v) is 3.08. The van der Waals surface area contributed by atoms with Crippen LogP contribution in [0.15, 0.2) is 35.1 Å². The number of hydrogen-bond acceptors (Lipinski definition) is 1. The number of nitrogens with one attached hydrogen (secondary N) is 1. The van der Waals surface area contributed by atoms with Crippen LogP contribution in [0.5, 0.6) is 0 Å². The van der Waals surface area contributed by atoms with Crippen molar-refractivity contribution in [2.45, 2.75) is 0 Å². The van der Waals surface area contributed by atoms with Crippen molar-refractivity contribution in [3.05, 3.63) is 46.5 Å². The van der Waals surface area contributed by atoms with Crippen LogP contribution < -0.4 is 5.56 Å². The fourth-order valence-corrected chi connectivity index (χ4v) is 1.29. The van der Waals surface area contributed by atoms with E-state index in [9.17, 15) is 9.18 Å². The molecule has 0 amide bonds. The summed E-state index contributed by atoms with van der Waals surface area (Å²) in [6.07, 6.45) is 0. The van der Waals surface area contributed by atoms with Crippen molar-refractivity contribution in [1.29, 1.82) is 0 Å². The van der Waals surface area contributed by atoms with Crippen LogP contribution in [0.1, 0.15) is 0 Å². The third-order valence-corrected chi connectivity index (χ3v) is 2.02. The number of aromatic nitrogens is 2. The molecule has 0 spiro atoms. The highest BCUT2D eigenvalue weighted by Crippen LogP contribution is 2.15. The first-order valence-electron chi connectivity index (χ1n) is 4.19. The van der Waals surface area contributed by atoms with Gasteiger partial charge in [-0.25, -0.2) is 4.39 Å². The van der Waals surface area contributed by atoms with Gasteiger partial charge in [-0.3, -0.25) is 14.6 Å². The van der Waals surface area contributed by atoms with E-state index >= 15 is 0 Å². The quantitative estimate of drug-likeness (QED) is 0.730. The normalized spacial score (nSPS) is 10.4. The van der Waals surface area contributed by atoms with Crippen LogP contribution in [0, 0.1) is 5.82 Å². The molecule has 0 aliphatic heterocycles. The van der Waals surface area contributed by atoms with E-state index in [1.165, 1.54) is 22.9 Å². The lowest BCUT2D eigenvalue weighted by Gasteiger charge is -1.96. The Hall–Kier alpha value is -1.84. The van der Waals surface area contributed by atoms with Crippen LogP contribution in [-0.2, 0) is 7.05 Å². The Morgan fingerprint density at radius 2 is 2.14 bits per heavy atom. The highest BCUT2D eigenvalue weighted by atomic mass is 19.1. The summed E-state index contributed by atoms with van der Waals surface area (Å²) in [6, 6.07) is 7.54. The molecule has 0 unspecified atom stereocenters. The first kappa shape index (κ1) is 8.74. The van der Waals surface area contributed by atoms with E-state index in [1.54, 1.807) is 19.2 Å². The maximum atomic E-state index is 12.9. The summed E-state index contributed by atoms with van der Waals surface area (Å²) < 4.78 is 14.2. The van der Waals surface area contributed by atoms with Gasteiger partial charge in [-0.2, -0.15) is 0 Å². The van der Waals surface area contributed by atoms with E-state index in [0.29, 0.717) is 11.3 Å². The number of hydrogen-bond donors (Lipinski definition) is 1. The Labute approximate surface area is 79.8 Å². The molecule has 0 aliphatic rings. The summed E-state index contributed by atoms with van der Waals surface area (Å²) in [5, 5.41) is 2.83. The fourth-order valence-electron chi connectivity index (χ4n) is 1.29. The molecule has 2 aromatic rings. The van der Waals surface area contributed by atoms with Crippen LogP contribution in [0.3, 0.4) is 0 Å². The summed E-state index contributed by atoms with van der Waals surface area (Å²) in [5.41, 5.74) is 1.16. The minimum Gasteiger partial charge on any atom is -0.295 e. The van der Waals surface area contributed by atoms with Crippen molar-refractivity contribution in [3.63, 3.8) is 0 Å². The highest BCUT2D eigenvalue weighted by molar-refractivity contribution is 5.58. The van der Waals surface area contributed by atoms with Crippen molar-refractivity contribution >= 4 is 0 Å². The van der Waals surface area contributed by atoms with E-state index < -0.39 is 0 Å². The van der Waals surface area contributed by atoms with Gasteiger partial charge in [-0.05, 0) is 12.1 Å². The largest absolute Gasteiger partial charge is 0.295 e. The number of aromatic amines is 1. The summed E-state index contributed by atoms with van der Waals surface area (Å²) in [5.74, 6) is -0.313. The predicted octanol–water partition coefficient (Wildman–Crippen LogP) is 1.52. The zero-order valence-corrected chi connectivity index (χ0v) is 7.62. The smallest absolute Gasteiger partial charge is 0.266 e. The van der Waals surface area contributed by atoms with Crippen molar-refractivity contribution in [3.8, 4) is 11.3 Å². The molecule has 0 aliphatic carbocycles. The summed E-state index contributed by atoms with van der Waals surface area (Å²) in [4.78, 5) is 11.1. The Bertz CT molecular complexity index is 513. The number of rotatable bonds is 1. The Morgan fingerprint density at radius 3 is 2.71 bits per heavy atom. The summed E-state index contributed by atoms with van der Waals surface area (Å²) in [7, 11) is 1.62. The molecule has 0 bridgehead atoms. The molecule has 0 atom stereocenters. The maximum absolute atomic E-state index is 12.9. The molecule has 3 nitrogen and oxygen atoms in total. The minimum atomic E-state index is -0.313. The first-order valence-corrected chi connectivity index (χ1v) is 4.19. The van der Waals surface area contributed by atoms with E-state index in [4.69, 9.17) is 0 Å². The van der Waals surface area contributed by atoms with Crippen LogP contribution in [0.4, 0.5) is 4.39 Å². The molecule has 1 N–H and O–H groups in total. The minimum absolute atomic E-state index is 0.135. The van der Waals surface area contributed by atoms with Gasteiger partial charge in [0.05, 0.1) is 5.69 Å². The molecule has 14 heavy (non-hydrogen) atoms. The van der Waals surface area contributed by atoms with Gasteiger partial charge in [-0.1, -0.05) is 12.1 Å². The molecule has 72 valence electrons. The first-order chi connectivity index (χ1) is 6.66. The van der Waals surface area contributed by atoms with Gasteiger partial charge < -0.3 is 0 Å². The van der Waals surface area contributed by atoms with Crippen molar-refractivity contribution < 1.29 is 4.39 Å². The molecule has 0 fully saturated rings. The lowest BCUT2D eigenvalue weighted by atomic mass is 10.1. The molecule has 0 saturated heterocycles. The third-order valence-electron chi connectivity index (χ3n) is 2.02. The van der Waals surface area contributed by atoms with E-state index in [-0.39, 0.29) is 11.4 Å². The third kappa shape index (κ3) is 1.46. The number of halogens is 1. The lowest BCUT2D eigenvalue weighted by molar-refractivity contribution is 0.628. The maximum Gasteiger partial charge on any atom is 0.266 e. The Morgan fingerprint density at radius 1 is 1.36 bits per heavy atom. The molecule has 0 saturated carbocycles. The fraction of sp³-hybridized carbons (Fsp3) is 0.100. The molecule has 0 radical (unpaired) electrons. The number of aryl methyl sites for hydroxylation is 1. The molecule has 1 aromatic heterocycles. The molecule has 2 rings (SSSR count). The summed E-state index contributed by atoms with van der Waals surface area (Å²) in [6.45, 7) is 0. The number of nitrogens with zero attached hydrogens (tertiary/aromatic N) is 1. The van der Waals surface area contributed by atoms with Gasteiger partial charge in [0.2, 0.25) is 0 Å². The molecule has 1 aromatic carbocycles. The average molecular weight is 192 g/mol. The van der Waals surface area contributed by atoms with E-state index in [0.717, 1.165) is 0 Å². The standard InChI is InChI=1S/C10H9FN2O/c1-13-10(14)6-9(12-13)7-3-2-4-8(11)5-7/h2-6,12H,1H3. The van der Waals surface area contributed by atoms with Gasteiger partial charge in [0.25, 0.3) is 5.56 Å².